The van der Waals surface area contributed by atoms with Gasteiger partial charge in [-0.15, -0.1) is 0 Å². The van der Waals surface area contributed by atoms with Crippen LogP contribution in [0, 0.1) is 0 Å². The number of aromatic nitrogens is 1. The van der Waals surface area contributed by atoms with E-state index in [0.717, 1.165) is 11.3 Å². The van der Waals surface area contributed by atoms with E-state index in [1.807, 2.05) is 48.5 Å². The van der Waals surface area contributed by atoms with Crippen LogP contribution in [0.3, 0.4) is 0 Å². The zero-order valence-corrected chi connectivity index (χ0v) is 18.0. The van der Waals surface area contributed by atoms with Crippen LogP contribution in [-0.4, -0.2) is 34.3 Å². The number of carbonyl (C=O) groups is 2. The van der Waals surface area contributed by atoms with E-state index in [4.69, 9.17) is 16.3 Å². The van der Waals surface area contributed by atoms with Gasteiger partial charge in [0.05, 0.1) is 12.2 Å². The molecule has 0 aliphatic carbocycles. The Balaban J connectivity index is 1.69. The van der Waals surface area contributed by atoms with Crippen LogP contribution in [0.1, 0.15) is 18.2 Å². The summed E-state index contributed by atoms with van der Waals surface area (Å²) in [4.78, 5) is 31.5. The lowest BCUT2D eigenvalue weighted by molar-refractivity contribution is -0.142. The number of nitrogens with zero attached hydrogens (tertiary/aromatic N) is 2. The predicted octanol–water partition coefficient (Wildman–Crippen LogP) is 3.85. The second-order valence-corrected chi connectivity index (χ2v) is 7.40. The molecule has 1 unspecified atom stereocenters. The number of hydrogen-bond donors (Lipinski definition) is 1. The maximum atomic E-state index is 13.0. The van der Waals surface area contributed by atoms with Crippen LogP contribution >= 0.6 is 11.6 Å². The first-order valence-corrected chi connectivity index (χ1v) is 10.3. The van der Waals surface area contributed by atoms with Gasteiger partial charge in [0.1, 0.15) is 11.8 Å². The standard InChI is InChI=1S/C24H24ClN3O3/c1-18(24(30)27-15-21-7-5-6-14-26-21)28(16-19-10-12-20(25)13-11-19)23(29)17-31-22-8-3-2-4-9-22/h2-14,18H,15-17H2,1H3,(H,27,30). The quantitative estimate of drug-likeness (QED) is 0.552. The molecule has 3 aromatic rings. The normalized spacial score (nSPS) is 11.4. The summed E-state index contributed by atoms with van der Waals surface area (Å²) in [6.07, 6.45) is 1.67. The van der Waals surface area contributed by atoms with Gasteiger partial charge >= 0.3 is 0 Å². The van der Waals surface area contributed by atoms with Crippen LogP contribution in [0.2, 0.25) is 5.02 Å². The number of pyridine rings is 1. The minimum atomic E-state index is -0.703. The molecular weight excluding hydrogens is 414 g/mol. The number of amides is 2. The van der Waals surface area contributed by atoms with Crippen LogP contribution < -0.4 is 10.1 Å². The highest BCUT2D eigenvalue weighted by Crippen LogP contribution is 2.15. The third-order valence-electron chi connectivity index (χ3n) is 4.71. The third-order valence-corrected chi connectivity index (χ3v) is 4.96. The van der Waals surface area contributed by atoms with Gasteiger partial charge in [-0.3, -0.25) is 14.6 Å². The van der Waals surface area contributed by atoms with Crippen LogP contribution in [-0.2, 0) is 22.7 Å². The Kier molecular flexibility index (Phi) is 8.01. The predicted molar refractivity (Wildman–Crippen MR) is 119 cm³/mol. The Labute approximate surface area is 186 Å². The van der Waals surface area contributed by atoms with Crippen molar-refractivity contribution >= 4 is 23.4 Å². The molecule has 0 aliphatic heterocycles. The van der Waals surface area contributed by atoms with Crippen LogP contribution in [0.15, 0.2) is 79.0 Å². The number of hydrogen-bond acceptors (Lipinski definition) is 4. The lowest BCUT2D eigenvalue weighted by Gasteiger charge is -2.28. The minimum absolute atomic E-state index is 0.171. The summed E-state index contributed by atoms with van der Waals surface area (Å²) in [6.45, 7) is 2.07. The molecule has 31 heavy (non-hydrogen) atoms. The molecule has 1 heterocycles. The van der Waals surface area contributed by atoms with E-state index < -0.39 is 6.04 Å². The minimum Gasteiger partial charge on any atom is -0.484 e. The van der Waals surface area contributed by atoms with Crippen molar-refractivity contribution in [1.82, 2.24) is 15.2 Å². The van der Waals surface area contributed by atoms with Crippen molar-refractivity contribution in [2.45, 2.75) is 26.1 Å². The second kappa shape index (κ2) is 11.1. The van der Waals surface area contributed by atoms with Crippen LogP contribution in [0.4, 0.5) is 0 Å². The van der Waals surface area contributed by atoms with Gasteiger partial charge in [0.2, 0.25) is 5.91 Å². The van der Waals surface area contributed by atoms with Crippen molar-refractivity contribution in [1.29, 1.82) is 0 Å². The Morgan fingerprint density at radius 2 is 1.74 bits per heavy atom. The van der Waals surface area contributed by atoms with Crippen LogP contribution in [0.5, 0.6) is 5.75 Å². The third kappa shape index (κ3) is 6.83. The van der Waals surface area contributed by atoms with Gasteiger partial charge < -0.3 is 15.0 Å². The smallest absolute Gasteiger partial charge is 0.261 e. The maximum Gasteiger partial charge on any atom is 0.261 e. The molecule has 2 amide bonds. The number of benzene rings is 2. The molecule has 0 fully saturated rings. The topological polar surface area (TPSA) is 71.5 Å². The molecule has 160 valence electrons. The fourth-order valence-corrected chi connectivity index (χ4v) is 3.07. The van der Waals surface area contributed by atoms with Crippen LogP contribution in [0.25, 0.3) is 0 Å². The van der Waals surface area contributed by atoms with Gasteiger partial charge in [-0.2, -0.15) is 0 Å². The van der Waals surface area contributed by atoms with Crippen molar-refractivity contribution in [2.24, 2.45) is 0 Å². The first-order valence-electron chi connectivity index (χ1n) is 9.92. The highest BCUT2D eigenvalue weighted by Gasteiger charge is 2.26. The molecule has 0 bridgehead atoms. The number of carbonyl (C=O) groups excluding carboxylic acids is 2. The van der Waals surface area contributed by atoms with E-state index in [2.05, 4.69) is 10.3 Å². The van der Waals surface area contributed by atoms with Gasteiger partial charge in [-0.1, -0.05) is 48.0 Å². The lowest BCUT2D eigenvalue weighted by Crippen LogP contribution is -2.48. The number of ether oxygens (including phenoxy) is 1. The molecule has 2 aromatic carbocycles. The molecule has 0 aliphatic rings. The fourth-order valence-electron chi connectivity index (χ4n) is 2.94. The van der Waals surface area contributed by atoms with E-state index in [1.54, 1.807) is 37.4 Å². The SMILES string of the molecule is CC(C(=O)NCc1ccccn1)N(Cc1ccc(Cl)cc1)C(=O)COc1ccccc1. The first-order chi connectivity index (χ1) is 15.0. The number of halogens is 1. The fraction of sp³-hybridized carbons (Fsp3) is 0.208. The van der Waals surface area contributed by atoms with Gasteiger partial charge in [-0.25, -0.2) is 0 Å². The zero-order valence-electron chi connectivity index (χ0n) is 17.2. The second-order valence-electron chi connectivity index (χ2n) is 6.96. The molecule has 0 saturated heterocycles. The summed E-state index contributed by atoms with van der Waals surface area (Å²) in [6, 6.07) is 21.1. The summed E-state index contributed by atoms with van der Waals surface area (Å²) in [7, 11) is 0. The van der Waals surface area contributed by atoms with Gasteiger partial charge in [0.25, 0.3) is 5.91 Å². The van der Waals surface area contributed by atoms with Crippen molar-refractivity contribution in [2.75, 3.05) is 6.61 Å². The molecule has 6 nitrogen and oxygen atoms in total. The molecule has 1 aromatic heterocycles. The van der Waals surface area contributed by atoms with Crippen molar-refractivity contribution in [3.05, 3.63) is 95.3 Å². The molecule has 0 saturated carbocycles. The monoisotopic (exact) mass is 437 g/mol. The molecule has 0 spiro atoms. The number of para-hydroxylation sites is 1. The van der Waals surface area contributed by atoms with Crippen molar-refractivity contribution in [3.63, 3.8) is 0 Å². The van der Waals surface area contributed by atoms with E-state index in [1.165, 1.54) is 4.90 Å². The summed E-state index contributed by atoms with van der Waals surface area (Å²) in [5.41, 5.74) is 1.60. The largest absolute Gasteiger partial charge is 0.484 e. The maximum absolute atomic E-state index is 13.0. The van der Waals surface area contributed by atoms with Gasteiger partial charge in [-0.05, 0) is 48.9 Å². The Hall–Kier alpha value is -3.38. The Morgan fingerprint density at radius 1 is 1.03 bits per heavy atom. The zero-order chi connectivity index (χ0) is 22.1. The number of rotatable bonds is 9. The van der Waals surface area contributed by atoms with E-state index >= 15 is 0 Å². The average molecular weight is 438 g/mol. The van der Waals surface area contributed by atoms with E-state index in [0.29, 0.717) is 10.8 Å². The van der Waals surface area contributed by atoms with E-state index in [9.17, 15) is 9.59 Å². The number of nitrogens with one attached hydrogen (secondary N) is 1. The molecular formula is C24H24ClN3O3. The summed E-state index contributed by atoms with van der Waals surface area (Å²) in [5.74, 6) is 0.0292. The summed E-state index contributed by atoms with van der Waals surface area (Å²) >= 11 is 5.97. The highest BCUT2D eigenvalue weighted by molar-refractivity contribution is 6.30. The van der Waals surface area contributed by atoms with Crippen molar-refractivity contribution < 1.29 is 14.3 Å². The molecule has 0 radical (unpaired) electrons. The first kappa shape index (κ1) is 22.3. The van der Waals surface area contributed by atoms with Crippen molar-refractivity contribution in [3.8, 4) is 5.75 Å². The van der Waals surface area contributed by atoms with Gasteiger partial charge in [0.15, 0.2) is 6.61 Å². The average Bonchev–Trinajstić information content (AvgIpc) is 2.81. The summed E-state index contributed by atoms with van der Waals surface area (Å²) < 4.78 is 5.61. The molecule has 3 rings (SSSR count). The molecule has 7 heteroatoms. The molecule has 1 atom stereocenters. The Morgan fingerprint density at radius 3 is 2.42 bits per heavy atom. The van der Waals surface area contributed by atoms with Gasteiger partial charge in [0, 0.05) is 17.8 Å². The Bertz CT molecular complexity index is 982. The molecule has 1 N–H and O–H groups in total. The summed E-state index contributed by atoms with van der Waals surface area (Å²) in [5, 5.41) is 3.45. The lowest BCUT2D eigenvalue weighted by atomic mass is 10.1. The highest BCUT2D eigenvalue weighted by atomic mass is 35.5. The van der Waals surface area contributed by atoms with E-state index in [-0.39, 0.29) is 31.5 Å².